The second-order valence-electron chi connectivity index (χ2n) is 3.25. The van der Waals surface area contributed by atoms with E-state index in [-0.39, 0.29) is 0 Å². The summed E-state index contributed by atoms with van der Waals surface area (Å²) in [6, 6.07) is 6.18. The van der Waals surface area contributed by atoms with E-state index in [9.17, 15) is 0 Å². The lowest BCUT2D eigenvalue weighted by molar-refractivity contribution is 1.45. The van der Waals surface area contributed by atoms with Gasteiger partial charge in [-0.3, -0.25) is 0 Å². The maximum absolute atomic E-state index is 5.56. The monoisotopic (exact) mass is 169 g/mol. The van der Waals surface area contributed by atoms with Gasteiger partial charge in [-0.05, 0) is 11.6 Å². The summed E-state index contributed by atoms with van der Waals surface area (Å²) in [5, 5.41) is 1.27. The lowest BCUT2D eigenvalue weighted by Gasteiger charge is -1.87. The highest BCUT2D eigenvalue weighted by molar-refractivity contribution is 5.70. The summed E-state index contributed by atoms with van der Waals surface area (Å²) in [6.07, 6.45) is 8.38. The van der Waals surface area contributed by atoms with E-state index < -0.39 is 0 Å². The van der Waals surface area contributed by atoms with Gasteiger partial charge in [0.05, 0.1) is 10.8 Å². The van der Waals surface area contributed by atoms with Gasteiger partial charge in [0.1, 0.15) is 0 Å². The van der Waals surface area contributed by atoms with E-state index in [0.29, 0.717) is 6.61 Å². The van der Waals surface area contributed by atoms with Crippen LogP contribution in [-0.4, -0.2) is 6.61 Å². The molecule has 1 aliphatic heterocycles. The van der Waals surface area contributed by atoms with Gasteiger partial charge in [-0.15, -0.1) is 0 Å². The number of hydrogen-bond acceptors (Lipinski definition) is 0. The van der Waals surface area contributed by atoms with Gasteiger partial charge in [-0.2, -0.15) is 0 Å². The Morgan fingerprint density at radius 2 is 2.00 bits per heavy atom. The van der Waals surface area contributed by atoms with Crippen LogP contribution in [0.25, 0.3) is 11.6 Å². The van der Waals surface area contributed by atoms with Crippen LogP contribution in [0.5, 0.6) is 0 Å². The third-order valence-corrected chi connectivity index (χ3v) is 2.45. The molecule has 0 atom stereocenters. The van der Waals surface area contributed by atoms with Gasteiger partial charge in [-0.25, -0.2) is 4.42 Å². The largest absolute Gasteiger partial charge is 0.352 e. The molecular formula is C12H9O+. The van der Waals surface area contributed by atoms with Crippen molar-refractivity contribution in [3.63, 3.8) is 0 Å². The van der Waals surface area contributed by atoms with Crippen LogP contribution >= 0.6 is 0 Å². The Balaban J connectivity index is 2.58. The average Bonchev–Trinajstić information content (AvgIpc) is 2.44. The zero-order valence-electron chi connectivity index (χ0n) is 7.16. The minimum Gasteiger partial charge on any atom is -0.249 e. The van der Waals surface area contributed by atoms with Crippen LogP contribution in [0.2, 0.25) is 0 Å². The van der Waals surface area contributed by atoms with Crippen LogP contribution in [0, 0.1) is 0 Å². The quantitative estimate of drug-likeness (QED) is 0.514. The van der Waals surface area contributed by atoms with Crippen molar-refractivity contribution in [3.8, 4) is 0 Å². The molecule has 1 aliphatic carbocycles. The van der Waals surface area contributed by atoms with Crippen molar-refractivity contribution in [1.82, 2.24) is 0 Å². The van der Waals surface area contributed by atoms with E-state index in [1.807, 2.05) is 12.1 Å². The molecule has 0 amide bonds. The van der Waals surface area contributed by atoms with Crippen molar-refractivity contribution < 1.29 is 0 Å². The molecule has 0 spiro atoms. The third kappa shape index (κ3) is 0.903. The summed E-state index contributed by atoms with van der Waals surface area (Å²) in [4.78, 5) is 0. The van der Waals surface area contributed by atoms with E-state index in [1.165, 1.54) is 16.4 Å². The molecule has 13 heavy (non-hydrogen) atoms. The fraction of sp³-hybridized carbons (Fsp3) is 0.0833. The topological polar surface area (TPSA) is 11.3 Å². The normalized spacial score (nSPS) is 16.8. The van der Waals surface area contributed by atoms with E-state index in [0.717, 1.165) is 5.43 Å². The Morgan fingerprint density at radius 3 is 3.00 bits per heavy atom. The molecule has 0 radical (unpaired) electrons. The van der Waals surface area contributed by atoms with Gasteiger partial charge in [0, 0.05) is 6.07 Å². The lowest BCUT2D eigenvalue weighted by atomic mass is 10.1. The molecule has 1 aromatic carbocycles. The molecular weight excluding hydrogens is 160 g/mol. The summed E-state index contributed by atoms with van der Waals surface area (Å²) in [5.41, 5.74) is 3.56. The molecule has 1 aromatic rings. The Bertz CT molecular complexity index is 533. The maximum Gasteiger partial charge on any atom is 0.352 e. The summed E-state index contributed by atoms with van der Waals surface area (Å²) in [6.45, 7) is 0.713. The molecule has 1 nitrogen and oxygen atoms in total. The molecule has 0 aromatic heterocycles. The first-order valence-electron chi connectivity index (χ1n) is 4.42. The minimum atomic E-state index is 0.713. The Hall–Kier alpha value is -1.63. The molecule has 0 bridgehead atoms. The van der Waals surface area contributed by atoms with E-state index >= 15 is 0 Å². The first-order valence-corrected chi connectivity index (χ1v) is 4.42. The highest BCUT2D eigenvalue weighted by Crippen LogP contribution is 2.07. The summed E-state index contributed by atoms with van der Waals surface area (Å²) < 4.78 is 5.56. The van der Waals surface area contributed by atoms with Crippen molar-refractivity contribution >= 4 is 11.6 Å². The second-order valence-corrected chi connectivity index (χ2v) is 3.25. The highest BCUT2D eigenvalue weighted by Gasteiger charge is 2.17. The highest BCUT2D eigenvalue weighted by atomic mass is 16.4. The average molecular weight is 169 g/mol. The summed E-state index contributed by atoms with van der Waals surface area (Å²) >= 11 is 0. The smallest absolute Gasteiger partial charge is 0.249 e. The number of rotatable bonds is 0. The molecule has 0 unspecified atom stereocenters. The van der Waals surface area contributed by atoms with Crippen LogP contribution in [-0.2, 0) is 0 Å². The molecule has 0 saturated carbocycles. The van der Waals surface area contributed by atoms with Crippen LogP contribution in [0.4, 0.5) is 0 Å². The predicted molar refractivity (Wildman–Crippen MR) is 54.4 cm³/mol. The fourth-order valence-corrected chi connectivity index (χ4v) is 1.84. The van der Waals surface area contributed by atoms with Gasteiger partial charge in [0.15, 0.2) is 0 Å². The molecule has 0 N–H and O–H groups in total. The van der Waals surface area contributed by atoms with Gasteiger partial charge < -0.3 is 0 Å². The lowest BCUT2D eigenvalue weighted by Crippen LogP contribution is -2.25. The van der Waals surface area contributed by atoms with Crippen molar-refractivity contribution in [1.29, 1.82) is 0 Å². The molecule has 62 valence electrons. The Kier molecular flexibility index (Phi) is 1.28. The molecule has 0 fully saturated rings. The van der Waals surface area contributed by atoms with E-state index in [2.05, 4.69) is 30.4 Å². The second kappa shape index (κ2) is 2.43. The Morgan fingerprint density at radius 1 is 1.08 bits per heavy atom. The summed E-state index contributed by atoms with van der Waals surface area (Å²) in [5.74, 6) is 0. The molecule has 2 aliphatic rings. The fourth-order valence-electron chi connectivity index (χ4n) is 1.84. The van der Waals surface area contributed by atoms with E-state index in [1.54, 1.807) is 0 Å². The van der Waals surface area contributed by atoms with Crippen LogP contribution in [0.1, 0.15) is 5.56 Å². The van der Waals surface area contributed by atoms with Crippen molar-refractivity contribution in [2.75, 3.05) is 6.61 Å². The summed E-state index contributed by atoms with van der Waals surface area (Å²) in [7, 11) is 0. The van der Waals surface area contributed by atoms with Gasteiger partial charge in [0.2, 0.25) is 0 Å². The molecule has 3 rings (SSSR count). The first-order chi connectivity index (χ1) is 6.45. The number of benzene rings is 1. The van der Waals surface area contributed by atoms with Crippen molar-refractivity contribution in [2.45, 2.75) is 0 Å². The maximum atomic E-state index is 5.56. The predicted octanol–water partition coefficient (Wildman–Crippen LogP) is 1.05. The molecule has 1 heterocycles. The van der Waals surface area contributed by atoms with Gasteiger partial charge >= 0.3 is 5.43 Å². The van der Waals surface area contributed by atoms with Crippen LogP contribution in [0.15, 0.2) is 40.9 Å². The first kappa shape index (κ1) is 6.84. The number of allylic oxidation sites excluding steroid dienone is 2. The molecule has 0 saturated heterocycles. The van der Waals surface area contributed by atoms with Gasteiger partial charge in [0.25, 0.3) is 6.61 Å². The van der Waals surface area contributed by atoms with E-state index in [4.69, 9.17) is 4.42 Å². The zero-order chi connectivity index (χ0) is 8.67. The van der Waals surface area contributed by atoms with Crippen LogP contribution < -0.4 is 10.6 Å². The van der Waals surface area contributed by atoms with Crippen molar-refractivity contribution in [2.24, 2.45) is 0 Å². The Labute approximate surface area is 76.0 Å². The molecule has 1 heteroatoms. The SMILES string of the molecule is C1=CC2=c3c(cccc3=[O+]C2)C=C1. The van der Waals surface area contributed by atoms with Crippen LogP contribution in [0.3, 0.4) is 0 Å². The van der Waals surface area contributed by atoms with Crippen molar-refractivity contribution in [3.05, 3.63) is 57.1 Å². The zero-order valence-corrected chi connectivity index (χ0v) is 7.16. The third-order valence-electron chi connectivity index (χ3n) is 2.45. The standard InChI is InChI=1S/C12H9O/c1-2-5-10-8-13-11-7-3-6-9(4-1)12(10)11/h1-7H,8H2/q+1. The number of hydrogen-bond donors (Lipinski definition) is 0. The van der Waals surface area contributed by atoms with Gasteiger partial charge in [-0.1, -0.05) is 30.4 Å². The minimum absolute atomic E-state index is 0.713.